The van der Waals surface area contributed by atoms with Crippen molar-refractivity contribution in [2.45, 2.75) is 57.5 Å². The molecule has 1 fully saturated rings. The van der Waals surface area contributed by atoms with E-state index in [0.717, 1.165) is 35.0 Å². The standard InChI is InChI=1S/C38H46N8O5/c1-24(2)18-31(43-38(51)32(42-33(47)20-39)19-25-8-4-3-5-9-25)37(50)41-21-34(48)45-17-7-11-27(22-45)26-13-15-29(16-14-26)46-23-28-10-6-12-30(36(40)49)35(28)44-46/h3-6,8-10,12-16,23-24,27,31-32H,7,11,17-22,39H2,1-2H3,(H2,40,49)(H,41,50)(H,42,47)(H,43,51)/t27-,31?,32?/m0/s1. The van der Waals surface area contributed by atoms with E-state index in [0.29, 0.717) is 30.6 Å². The fourth-order valence-corrected chi connectivity index (χ4v) is 6.44. The van der Waals surface area contributed by atoms with Gasteiger partial charge in [-0.3, -0.25) is 24.0 Å². The van der Waals surface area contributed by atoms with Crippen LogP contribution in [-0.2, 0) is 25.6 Å². The van der Waals surface area contributed by atoms with Crippen LogP contribution in [0.25, 0.3) is 16.6 Å². The summed E-state index contributed by atoms with van der Waals surface area (Å²) in [4.78, 5) is 65.8. The molecule has 4 aromatic rings. The van der Waals surface area contributed by atoms with Gasteiger partial charge in [0.15, 0.2) is 0 Å². The molecule has 0 radical (unpaired) electrons. The highest BCUT2D eigenvalue weighted by Crippen LogP contribution is 2.28. The van der Waals surface area contributed by atoms with Crippen LogP contribution >= 0.6 is 0 Å². The Kier molecular flexibility index (Phi) is 12.2. The summed E-state index contributed by atoms with van der Waals surface area (Å²) in [6, 6.07) is 20.7. The topological polar surface area (TPSA) is 195 Å². The van der Waals surface area contributed by atoms with Gasteiger partial charge in [-0.05, 0) is 54.5 Å². The number of primary amides is 1. The van der Waals surface area contributed by atoms with E-state index in [1.54, 1.807) is 21.7 Å². The fourth-order valence-electron chi connectivity index (χ4n) is 6.44. The Morgan fingerprint density at radius 3 is 2.33 bits per heavy atom. The van der Waals surface area contributed by atoms with E-state index in [1.165, 1.54) is 0 Å². The normalized spacial score (nSPS) is 15.6. The summed E-state index contributed by atoms with van der Waals surface area (Å²) in [5, 5.41) is 13.6. The van der Waals surface area contributed by atoms with Crippen molar-refractivity contribution in [2.24, 2.45) is 17.4 Å². The lowest BCUT2D eigenvalue weighted by Crippen LogP contribution is -2.56. The highest BCUT2D eigenvalue weighted by Gasteiger charge is 2.29. The van der Waals surface area contributed by atoms with Gasteiger partial charge in [-0.15, -0.1) is 0 Å². The molecular weight excluding hydrogens is 648 g/mol. The van der Waals surface area contributed by atoms with E-state index in [9.17, 15) is 24.0 Å². The van der Waals surface area contributed by atoms with Crippen LogP contribution in [0, 0.1) is 5.92 Å². The molecule has 13 heteroatoms. The molecule has 1 aliphatic heterocycles. The lowest BCUT2D eigenvalue weighted by atomic mass is 9.90. The zero-order valence-corrected chi connectivity index (χ0v) is 29.0. The van der Waals surface area contributed by atoms with Gasteiger partial charge in [0.25, 0.3) is 5.91 Å². The lowest BCUT2D eigenvalue weighted by Gasteiger charge is -2.33. The van der Waals surface area contributed by atoms with Crippen LogP contribution in [0.3, 0.4) is 0 Å². The monoisotopic (exact) mass is 694 g/mol. The second kappa shape index (κ2) is 16.9. The Balaban J connectivity index is 1.18. The summed E-state index contributed by atoms with van der Waals surface area (Å²) in [6.45, 7) is 4.49. The molecule has 268 valence electrons. The first-order chi connectivity index (χ1) is 24.5. The molecule has 5 amide bonds. The number of carbonyl (C=O) groups excluding carboxylic acids is 5. The Morgan fingerprint density at radius 1 is 0.902 bits per heavy atom. The molecule has 13 nitrogen and oxygen atoms in total. The summed E-state index contributed by atoms with van der Waals surface area (Å²) < 4.78 is 1.72. The Labute approximate surface area is 297 Å². The average molecular weight is 695 g/mol. The van der Waals surface area contributed by atoms with Gasteiger partial charge in [0.05, 0.1) is 24.3 Å². The van der Waals surface area contributed by atoms with Gasteiger partial charge in [-0.2, -0.15) is 5.10 Å². The molecule has 1 aromatic heterocycles. The van der Waals surface area contributed by atoms with Gasteiger partial charge in [-0.25, -0.2) is 4.68 Å². The van der Waals surface area contributed by atoms with E-state index in [1.807, 2.05) is 80.7 Å². The van der Waals surface area contributed by atoms with Crippen molar-refractivity contribution in [1.82, 2.24) is 30.6 Å². The number of hydrogen-bond acceptors (Lipinski definition) is 7. The summed E-state index contributed by atoms with van der Waals surface area (Å²) in [6.07, 6.45) is 4.15. The molecule has 1 aliphatic rings. The molecule has 3 aromatic carbocycles. The van der Waals surface area contributed by atoms with Gasteiger partial charge >= 0.3 is 0 Å². The molecule has 1 saturated heterocycles. The summed E-state index contributed by atoms with van der Waals surface area (Å²) in [5.74, 6) is -2.01. The summed E-state index contributed by atoms with van der Waals surface area (Å²) in [7, 11) is 0. The van der Waals surface area contributed by atoms with Crippen molar-refractivity contribution in [3.63, 3.8) is 0 Å². The molecule has 3 atom stereocenters. The van der Waals surface area contributed by atoms with Crippen molar-refractivity contribution in [3.8, 4) is 5.69 Å². The number of rotatable bonds is 14. The molecule has 2 unspecified atom stereocenters. The quantitative estimate of drug-likeness (QED) is 0.133. The number of hydrogen-bond donors (Lipinski definition) is 5. The Bertz CT molecular complexity index is 1860. The highest BCUT2D eigenvalue weighted by atomic mass is 16.2. The number of benzene rings is 3. The van der Waals surface area contributed by atoms with Gasteiger partial charge < -0.3 is 32.3 Å². The van der Waals surface area contributed by atoms with Gasteiger partial charge in [0.2, 0.25) is 23.6 Å². The number of carbonyl (C=O) groups is 5. The zero-order chi connectivity index (χ0) is 36.5. The van der Waals surface area contributed by atoms with Crippen LogP contribution in [0.4, 0.5) is 0 Å². The second-order valence-electron chi connectivity index (χ2n) is 13.4. The maximum Gasteiger partial charge on any atom is 0.250 e. The van der Waals surface area contributed by atoms with Gasteiger partial charge in [0, 0.05) is 37.0 Å². The number of amides is 5. The first-order valence-electron chi connectivity index (χ1n) is 17.3. The number of aromatic nitrogens is 2. The molecular formula is C38H46N8O5. The fraction of sp³-hybridized carbons (Fsp3) is 0.368. The number of likely N-dealkylation sites (tertiary alicyclic amines) is 1. The van der Waals surface area contributed by atoms with Crippen LogP contribution in [0.2, 0.25) is 0 Å². The van der Waals surface area contributed by atoms with Crippen LogP contribution in [0.5, 0.6) is 0 Å². The van der Waals surface area contributed by atoms with E-state index < -0.39 is 35.7 Å². The van der Waals surface area contributed by atoms with Crippen LogP contribution in [0.15, 0.2) is 79.0 Å². The molecule has 51 heavy (non-hydrogen) atoms. The van der Waals surface area contributed by atoms with Gasteiger partial charge in [-0.1, -0.05) is 68.4 Å². The van der Waals surface area contributed by atoms with Gasteiger partial charge in [0.1, 0.15) is 17.6 Å². The minimum atomic E-state index is -0.930. The predicted molar refractivity (Wildman–Crippen MR) is 194 cm³/mol. The number of fused-ring (bicyclic) bond motifs is 1. The maximum absolute atomic E-state index is 13.4. The third-order valence-corrected chi connectivity index (χ3v) is 9.08. The average Bonchev–Trinajstić information content (AvgIpc) is 3.58. The third kappa shape index (κ3) is 9.57. The minimum absolute atomic E-state index is 0.0668. The maximum atomic E-state index is 13.4. The number of nitrogens with two attached hydrogens (primary N) is 2. The molecule has 0 saturated carbocycles. The molecule has 0 bridgehead atoms. The largest absolute Gasteiger partial charge is 0.366 e. The van der Waals surface area contributed by atoms with Crippen molar-refractivity contribution in [3.05, 3.63) is 95.7 Å². The van der Waals surface area contributed by atoms with E-state index in [4.69, 9.17) is 11.5 Å². The van der Waals surface area contributed by atoms with Crippen molar-refractivity contribution in [2.75, 3.05) is 26.2 Å². The van der Waals surface area contributed by atoms with Crippen molar-refractivity contribution >= 4 is 40.4 Å². The van der Waals surface area contributed by atoms with Crippen LogP contribution in [0.1, 0.15) is 60.5 Å². The smallest absolute Gasteiger partial charge is 0.250 e. The Hall–Kier alpha value is -5.56. The molecule has 7 N–H and O–H groups in total. The second-order valence-corrected chi connectivity index (χ2v) is 13.4. The van der Waals surface area contributed by atoms with E-state index in [2.05, 4.69) is 21.0 Å². The molecule has 0 spiro atoms. The van der Waals surface area contributed by atoms with Crippen LogP contribution in [-0.4, -0.2) is 82.5 Å². The Morgan fingerprint density at radius 2 is 1.65 bits per heavy atom. The van der Waals surface area contributed by atoms with Crippen molar-refractivity contribution < 1.29 is 24.0 Å². The third-order valence-electron chi connectivity index (χ3n) is 9.08. The molecule has 0 aliphatic carbocycles. The first kappa shape index (κ1) is 36.7. The number of piperidine rings is 1. The summed E-state index contributed by atoms with van der Waals surface area (Å²) in [5.41, 5.74) is 14.7. The number of nitrogens with zero attached hydrogens (tertiary/aromatic N) is 3. The van der Waals surface area contributed by atoms with Crippen molar-refractivity contribution in [1.29, 1.82) is 0 Å². The predicted octanol–water partition coefficient (Wildman–Crippen LogP) is 2.16. The molecule has 5 rings (SSSR count). The summed E-state index contributed by atoms with van der Waals surface area (Å²) >= 11 is 0. The minimum Gasteiger partial charge on any atom is -0.366 e. The molecule has 2 heterocycles. The first-order valence-corrected chi connectivity index (χ1v) is 17.3. The highest BCUT2D eigenvalue weighted by molar-refractivity contribution is 6.04. The lowest BCUT2D eigenvalue weighted by molar-refractivity contribution is -0.135. The number of nitrogens with one attached hydrogen (secondary N) is 3. The van der Waals surface area contributed by atoms with E-state index >= 15 is 0 Å². The van der Waals surface area contributed by atoms with Crippen LogP contribution < -0.4 is 27.4 Å². The van der Waals surface area contributed by atoms with E-state index in [-0.39, 0.29) is 37.3 Å². The SMILES string of the molecule is CC(C)CC(NC(=O)C(Cc1ccccc1)NC(=O)CN)C(=O)NCC(=O)N1CCC[C@H](c2ccc(-n3cc4cccc(C(N)=O)c4n3)cc2)C1. The zero-order valence-electron chi connectivity index (χ0n) is 29.0.